The number of carbonyl (C=O) groups excluding carboxylic acids is 1. The maximum atomic E-state index is 12.4. The third-order valence-corrected chi connectivity index (χ3v) is 5.88. The van der Waals surface area contributed by atoms with Crippen LogP contribution in [0.1, 0.15) is 30.6 Å². The summed E-state index contributed by atoms with van der Waals surface area (Å²) in [4.78, 5) is 20.4. The van der Waals surface area contributed by atoms with Gasteiger partial charge in [0.1, 0.15) is 0 Å². The number of piperidine rings is 1. The number of carbonyl (C=O) groups is 1. The van der Waals surface area contributed by atoms with Gasteiger partial charge in [0.2, 0.25) is 5.91 Å². The zero-order valence-corrected chi connectivity index (χ0v) is 15.6. The van der Waals surface area contributed by atoms with Crippen molar-refractivity contribution >= 4 is 39.4 Å². The topological polar surface area (TPSA) is 45.2 Å². The van der Waals surface area contributed by atoms with Gasteiger partial charge in [-0.1, -0.05) is 6.07 Å². The molecule has 0 radical (unpaired) electrons. The second-order valence-electron chi connectivity index (χ2n) is 6.73. The van der Waals surface area contributed by atoms with Crippen molar-refractivity contribution in [3.05, 3.63) is 53.0 Å². The summed E-state index contributed by atoms with van der Waals surface area (Å²) in [5.74, 6) is 0.0503. The molecule has 1 aliphatic heterocycles. The number of thiophene rings is 1. The van der Waals surface area contributed by atoms with E-state index in [0.29, 0.717) is 6.42 Å². The molecule has 3 aromatic rings. The minimum Gasteiger partial charge on any atom is -0.371 e. The lowest BCUT2D eigenvalue weighted by Crippen LogP contribution is -2.29. The van der Waals surface area contributed by atoms with Crippen LogP contribution in [0.15, 0.2) is 48.1 Å². The Morgan fingerprint density at radius 3 is 2.81 bits per heavy atom. The molecule has 0 bridgehead atoms. The molecule has 1 aromatic carbocycles. The molecule has 1 fully saturated rings. The quantitative estimate of drug-likeness (QED) is 0.702. The number of pyridine rings is 1. The van der Waals surface area contributed by atoms with E-state index in [1.54, 1.807) is 11.3 Å². The highest BCUT2D eigenvalue weighted by Gasteiger charge is 2.16. The van der Waals surface area contributed by atoms with Gasteiger partial charge in [-0.3, -0.25) is 9.78 Å². The number of anilines is 2. The first-order chi connectivity index (χ1) is 12.8. The number of hydrogen-bond donors (Lipinski definition) is 1. The maximum Gasteiger partial charge on any atom is 0.224 e. The Bertz CT molecular complexity index is 885. The molecule has 26 heavy (non-hydrogen) atoms. The second kappa shape index (κ2) is 7.87. The molecule has 4 rings (SSSR count). The number of aryl methyl sites for hydroxylation is 1. The highest BCUT2D eigenvalue weighted by atomic mass is 32.1. The number of nitrogens with zero attached hydrogens (tertiary/aromatic N) is 2. The third-order valence-electron chi connectivity index (χ3n) is 4.94. The lowest BCUT2D eigenvalue weighted by molar-refractivity contribution is -0.116. The summed E-state index contributed by atoms with van der Waals surface area (Å²) in [7, 11) is 0. The van der Waals surface area contributed by atoms with Gasteiger partial charge in [0.15, 0.2) is 0 Å². The Balaban J connectivity index is 1.55. The fraction of sp³-hybridized carbons (Fsp3) is 0.333. The molecule has 0 aliphatic carbocycles. The van der Waals surface area contributed by atoms with Crippen LogP contribution in [0.25, 0.3) is 10.8 Å². The van der Waals surface area contributed by atoms with E-state index in [1.807, 2.05) is 29.9 Å². The molecule has 4 nitrogen and oxygen atoms in total. The van der Waals surface area contributed by atoms with E-state index < -0.39 is 0 Å². The maximum absolute atomic E-state index is 12.4. The Kier molecular flexibility index (Phi) is 5.16. The minimum absolute atomic E-state index is 0.0503. The molecule has 1 saturated heterocycles. The normalized spacial score (nSPS) is 14.5. The van der Waals surface area contributed by atoms with Gasteiger partial charge in [0, 0.05) is 53.2 Å². The zero-order valence-electron chi connectivity index (χ0n) is 14.8. The summed E-state index contributed by atoms with van der Waals surface area (Å²) in [6, 6.07) is 10.3. The van der Waals surface area contributed by atoms with Gasteiger partial charge in [-0.05, 0) is 55.3 Å². The van der Waals surface area contributed by atoms with Crippen molar-refractivity contribution < 1.29 is 4.79 Å². The fourth-order valence-corrected chi connectivity index (χ4v) is 4.31. The van der Waals surface area contributed by atoms with E-state index >= 15 is 0 Å². The smallest absolute Gasteiger partial charge is 0.224 e. The molecule has 1 amide bonds. The molecule has 1 aliphatic rings. The Labute approximate surface area is 157 Å². The van der Waals surface area contributed by atoms with E-state index in [1.165, 1.54) is 29.8 Å². The predicted molar refractivity (Wildman–Crippen MR) is 109 cm³/mol. The van der Waals surface area contributed by atoms with Crippen molar-refractivity contribution in [3.8, 4) is 0 Å². The number of rotatable bonds is 5. The molecule has 0 unspecified atom stereocenters. The van der Waals surface area contributed by atoms with Crippen LogP contribution in [-0.2, 0) is 11.2 Å². The molecule has 0 atom stereocenters. The first kappa shape index (κ1) is 17.0. The van der Waals surface area contributed by atoms with E-state index in [-0.39, 0.29) is 5.91 Å². The zero-order chi connectivity index (χ0) is 17.8. The average molecular weight is 366 g/mol. The predicted octanol–water partition coefficient (Wildman–Crippen LogP) is 4.86. The molecule has 1 N–H and O–H groups in total. The van der Waals surface area contributed by atoms with Crippen LogP contribution < -0.4 is 10.2 Å². The number of amides is 1. The SMILES string of the molecule is O=C(CCc1cccs1)Nc1ccc(N2CCCCC2)c2ccncc12. The highest BCUT2D eigenvalue weighted by molar-refractivity contribution is 7.09. The number of hydrogen-bond acceptors (Lipinski definition) is 4. The van der Waals surface area contributed by atoms with Crippen molar-refractivity contribution in [3.63, 3.8) is 0 Å². The standard InChI is InChI=1S/C21H23N3OS/c25-21(9-6-16-5-4-14-26-16)23-19-7-8-20(24-12-2-1-3-13-24)17-10-11-22-15-18(17)19/h4-5,7-8,10-11,14-15H,1-3,6,9,12-13H2,(H,23,25). The van der Waals surface area contributed by atoms with Crippen molar-refractivity contribution in [2.75, 3.05) is 23.3 Å². The molecular weight excluding hydrogens is 342 g/mol. The van der Waals surface area contributed by atoms with Gasteiger partial charge >= 0.3 is 0 Å². The Morgan fingerprint density at radius 2 is 2.00 bits per heavy atom. The summed E-state index contributed by atoms with van der Waals surface area (Å²) in [5, 5.41) is 7.31. The molecule has 5 heteroatoms. The molecule has 2 aromatic heterocycles. The first-order valence-electron chi connectivity index (χ1n) is 9.25. The summed E-state index contributed by atoms with van der Waals surface area (Å²) in [5.41, 5.74) is 2.10. The van der Waals surface area contributed by atoms with Crippen molar-refractivity contribution in [2.45, 2.75) is 32.1 Å². The molecule has 134 valence electrons. The van der Waals surface area contributed by atoms with Crippen LogP contribution in [0, 0.1) is 0 Å². The van der Waals surface area contributed by atoms with Gasteiger partial charge in [0.05, 0.1) is 5.69 Å². The summed E-state index contributed by atoms with van der Waals surface area (Å²) >= 11 is 1.70. The van der Waals surface area contributed by atoms with Gasteiger partial charge in [-0.25, -0.2) is 0 Å². The molecule has 0 spiro atoms. The number of nitrogens with one attached hydrogen (secondary N) is 1. The van der Waals surface area contributed by atoms with Crippen molar-refractivity contribution in [1.82, 2.24) is 4.98 Å². The van der Waals surface area contributed by atoms with Gasteiger partial charge in [0.25, 0.3) is 0 Å². The minimum atomic E-state index is 0.0503. The molecular formula is C21H23N3OS. The second-order valence-corrected chi connectivity index (χ2v) is 7.76. The van der Waals surface area contributed by atoms with Crippen LogP contribution in [0.2, 0.25) is 0 Å². The average Bonchev–Trinajstić information content (AvgIpc) is 3.21. The summed E-state index contributed by atoms with van der Waals surface area (Å²) < 4.78 is 0. The van der Waals surface area contributed by atoms with Crippen LogP contribution in [0.5, 0.6) is 0 Å². The van der Waals surface area contributed by atoms with Crippen LogP contribution in [0.3, 0.4) is 0 Å². The summed E-state index contributed by atoms with van der Waals surface area (Å²) in [6.07, 6.45) is 8.77. The number of benzene rings is 1. The first-order valence-corrected chi connectivity index (χ1v) is 10.1. The fourth-order valence-electron chi connectivity index (χ4n) is 3.60. The summed E-state index contributed by atoms with van der Waals surface area (Å²) in [6.45, 7) is 2.20. The van der Waals surface area contributed by atoms with E-state index in [4.69, 9.17) is 0 Å². The van der Waals surface area contributed by atoms with E-state index in [9.17, 15) is 4.79 Å². The number of aromatic nitrogens is 1. The largest absolute Gasteiger partial charge is 0.371 e. The lowest BCUT2D eigenvalue weighted by Gasteiger charge is -2.30. The number of fused-ring (bicyclic) bond motifs is 1. The van der Waals surface area contributed by atoms with Crippen LogP contribution in [-0.4, -0.2) is 24.0 Å². The lowest BCUT2D eigenvalue weighted by atomic mass is 10.0. The molecule has 3 heterocycles. The third kappa shape index (κ3) is 3.73. The monoisotopic (exact) mass is 365 g/mol. The van der Waals surface area contributed by atoms with Gasteiger partial charge < -0.3 is 10.2 Å². The van der Waals surface area contributed by atoms with E-state index in [2.05, 4.69) is 33.4 Å². The van der Waals surface area contributed by atoms with Crippen molar-refractivity contribution in [2.24, 2.45) is 0 Å². The molecule has 0 saturated carbocycles. The highest BCUT2D eigenvalue weighted by Crippen LogP contribution is 2.33. The van der Waals surface area contributed by atoms with Crippen LogP contribution >= 0.6 is 11.3 Å². The van der Waals surface area contributed by atoms with Crippen molar-refractivity contribution in [1.29, 1.82) is 0 Å². The Hall–Kier alpha value is -2.40. The van der Waals surface area contributed by atoms with Gasteiger partial charge in [-0.15, -0.1) is 11.3 Å². The van der Waals surface area contributed by atoms with Crippen LogP contribution in [0.4, 0.5) is 11.4 Å². The Morgan fingerprint density at radius 1 is 1.12 bits per heavy atom. The van der Waals surface area contributed by atoms with E-state index in [0.717, 1.165) is 36.0 Å². The van der Waals surface area contributed by atoms with Gasteiger partial charge in [-0.2, -0.15) is 0 Å².